The summed E-state index contributed by atoms with van der Waals surface area (Å²) >= 11 is 0. The Morgan fingerprint density at radius 3 is 2.44 bits per heavy atom. The van der Waals surface area contributed by atoms with Crippen LogP contribution in [0.3, 0.4) is 0 Å². The minimum absolute atomic E-state index is 0.376. The molecule has 0 aromatic carbocycles. The lowest BCUT2D eigenvalue weighted by Crippen LogP contribution is -2.19. The fourth-order valence-electron chi connectivity index (χ4n) is 2.51. The highest BCUT2D eigenvalue weighted by Crippen LogP contribution is 2.27. The van der Waals surface area contributed by atoms with Gasteiger partial charge in [-0.25, -0.2) is 0 Å². The van der Waals surface area contributed by atoms with Gasteiger partial charge >= 0.3 is 0 Å². The summed E-state index contributed by atoms with van der Waals surface area (Å²) in [5, 5.41) is 0. The van der Waals surface area contributed by atoms with Gasteiger partial charge in [0, 0.05) is 0 Å². The number of rotatable bonds is 7. The molecule has 1 rings (SSSR count). The van der Waals surface area contributed by atoms with Crippen LogP contribution >= 0.6 is 0 Å². The van der Waals surface area contributed by atoms with E-state index >= 15 is 0 Å². The molecule has 1 heteroatoms. The molecular weight excluding hydrogens is 196 g/mol. The van der Waals surface area contributed by atoms with Gasteiger partial charge in [0.25, 0.3) is 0 Å². The van der Waals surface area contributed by atoms with Crippen molar-refractivity contribution in [2.24, 2.45) is 5.92 Å². The zero-order valence-electron chi connectivity index (χ0n) is 11.5. The Balaban J connectivity index is 2.16. The van der Waals surface area contributed by atoms with Crippen LogP contribution in [0.5, 0.6) is 0 Å². The second-order valence-electron chi connectivity index (χ2n) is 5.45. The maximum absolute atomic E-state index is 6.05. The van der Waals surface area contributed by atoms with E-state index in [0.29, 0.717) is 18.1 Å². The largest absolute Gasteiger partial charge is 0.366 e. The third kappa shape index (κ3) is 4.29. The van der Waals surface area contributed by atoms with Crippen LogP contribution in [0.2, 0.25) is 0 Å². The van der Waals surface area contributed by atoms with Crippen LogP contribution in [0.15, 0.2) is 11.6 Å². The van der Waals surface area contributed by atoms with Gasteiger partial charge in [0.2, 0.25) is 0 Å². The summed E-state index contributed by atoms with van der Waals surface area (Å²) in [7, 11) is 0. The van der Waals surface area contributed by atoms with Gasteiger partial charge in [-0.15, -0.1) is 0 Å². The van der Waals surface area contributed by atoms with E-state index in [0.717, 1.165) is 0 Å². The van der Waals surface area contributed by atoms with Gasteiger partial charge in [-0.1, -0.05) is 59.0 Å². The molecule has 0 amide bonds. The van der Waals surface area contributed by atoms with Crippen molar-refractivity contribution in [1.82, 2.24) is 0 Å². The first kappa shape index (κ1) is 13.8. The highest BCUT2D eigenvalue weighted by molar-refractivity contribution is 5.14. The smallest absolute Gasteiger partial charge is 0.0814 e. The van der Waals surface area contributed by atoms with E-state index in [1.54, 1.807) is 0 Å². The van der Waals surface area contributed by atoms with E-state index in [4.69, 9.17) is 4.74 Å². The Kier molecular flexibility index (Phi) is 6.12. The van der Waals surface area contributed by atoms with Gasteiger partial charge in [-0.3, -0.25) is 0 Å². The van der Waals surface area contributed by atoms with Crippen LogP contribution in [-0.2, 0) is 4.74 Å². The van der Waals surface area contributed by atoms with E-state index < -0.39 is 0 Å². The summed E-state index contributed by atoms with van der Waals surface area (Å²) in [6, 6.07) is 0. The van der Waals surface area contributed by atoms with E-state index in [-0.39, 0.29) is 0 Å². The van der Waals surface area contributed by atoms with Crippen molar-refractivity contribution >= 4 is 0 Å². The minimum Gasteiger partial charge on any atom is -0.366 e. The second-order valence-corrected chi connectivity index (χ2v) is 5.45. The van der Waals surface area contributed by atoms with Gasteiger partial charge in [0.05, 0.1) is 12.2 Å². The zero-order valence-corrected chi connectivity index (χ0v) is 11.5. The van der Waals surface area contributed by atoms with Gasteiger partial charge in [0.1, 0.15) is 0 Å². The number of hydrogen-bond donors (Lipinski definition) is 0. The zero-order chi connectivity index (χ0) is 12.0. The molecule has 0 fully saturated rings. The number of ether oxygens (including phenoxy) is 1. The van der Waals surface area contributed by atoms with Gasteiger partial charge < -0.3 is 4.74 Å². The SMILES string of the molecule is CCCCCCC[C@H]1C=C(C)[C@@H](C(C)C)O1. The van der Waals surface area contributed by atoms with Gasteiger partial charge in [-0.2, -0.15) is 0 Å². The molecule has 1 nitrogen and oxygen atoms in total. The third-order valence-corrected chi connectivity index (χ3v) is 3.42. The van der Waals surface area contributed by atoms with Crippen LogP contribution in [0.25, 0.3) is 0 Å². The molecule has 0 N–H and O–H groups in total. The van der Waals surface area contributed by atoms with E-state index in [2.05, 4.69) is 33.8 Å². The summed E-state index contributed by atoms with van der Waals surface area (Å²) in [6.07, 6.45) is 11.1. The van der Waals surface area contributed by atoms with E-state index in [9.17, 15) is 0 Å². The maximum atomic E-state index is 6.05. The molecule has 0 unspecified atom stereocenters. The highest BCUT2D eigenvalue weighted by Gasteiger charge is 2.26. The van der Waals surface area contributed by atoms with E-state index in [1.165, 1.54) is 44.1 Å². The van der Waals surface area contributed by atoms with Crippen LogP contribution in [-0.4, -0.2) is 12.2 Å². The molecule has 94 valence electrons. The Morgan fingerprint density at radius 2 is 1.88 bits per heavy atom. The number of hydrogen-bond acceptors (Lipinski definition) is 1. The highest BCUT2D eigenvalue weighted by atomic mass is 16.5. The maximum Gasteiger partial charge on any atom is 0.0814 e. The van der Waals surface area contributed by atoms with Crippen LogP contribution in [0.4, 0.5) is 0 Å². The van der Waals surface area contributed by atoms with Crippen molar-refractivity contribution in [2.75, 3.05) is 0 Å². The first-order chi connectivity index (χ1) is 7.65. The molecule has 0 aromatic heterocycles. The van der Waals surface area contributed by atoms with Crippen molar-refractivity contribution < 1.29 is 4.74 Å². The van der Waals surface area contributed by atoms with Gasteiger partial charge in [0.15, 0.2) is 0 Å². The Bertz CT molecular complexity index is 217. The molecule has 16 heavy (non-hydrogen) atoms. The van der Waals surface area contributed by atoms with Crippen LogP contribution in [0, 0.1) is 5.92 Å². The summed E-state index contributed by atoms with van der Waals surface area (Å²) in [4.78, 5) is 0. The molecular formula is C15H28O. The molecule has 0 radical (unpaired) electrons. The van der Waals surface area contributed by atoms with E-state index in [1.807, 2.05) is 0 Å². The fourth-order valence-corrected chi connectivity index (χ4v) is 2.51. The Labute approximate surface area is 101 Å². The molecule has 0 aromatic rings. The number of unbranched alkanes of at least 4 members (excludes halogenated alkanes) is 4. The van der Waals surface area contributed by atoms with Crippen LogP contribution < -0.4 is 0 Å². The fraction of sp³-hybridized carbons (Fsp3) is 0.867. The quantitative estimate of drug-likeness (QED) is 0.449. The van der Waals surface area contributed by atoms with Crippen LogP contribution in [0.1, 0.15) is 66.2 Å². The Morgan fingerprint density at radius 1 is 1.19 bits per heavy atom. The molecule has 1 aliphatic rings. The molecule has 1 heterocycles. The Hall–Kier alpha value is -0.300. The molecule has 0 saturated heterocycles. The average molecular weight is 224 g/mol. The topological polar surface area (TPSA) is 9.23 Å². The minimum atomic E-state index is 0.376. The van der Waals surface area contributed by atoms with Crippen molar-refractivity contribution in [1.29, 1.82) is 0 Å². The van der Waals surface area contributed by atoms with Crippen molar-refractivity contribution in [3.05, 3.63) is 11.6 Å². The first-order valence-corrected chi connectivity index (χ1v) is 6.99. The monoisotopic (exact) mass is 224 g/mol. The lowest BCUT2D eigenvalue weighted by atomic mass is 10.0. The van der Waals surface area contributed by atoms with Crippen molar-refractivity contribution in [3.8, 4) is 0 Å². The van der Waals surface area contributed by atoms with Crippen molar-refractivity contribution in [2.45, 2.75) is 78.4 Å². The van der Waals surface area contributed by atoms with Gasteiger partial charge in [-0.05, 0) is 24.8 Å². The summed E-state index contributed by atoms with van der Waals surface area (Å²) in [5.74, 6) is 0.612. The molecule has 0 saturated carbocycles. The molecule has 2 atom stereocenters. The lowest BCUT2D eigenvalue weighted by Gasteiger charge is -2.18. The van der Waals surface area contributed by atoms with Crippen molar-refractivity contribution in [3.63, 3.8) is 0 Å². The molecule has 0 spiro atoms. The predicted octanol–water partition coefficient (Wildman–Crippen LogP) is 4.72. The molecule has 1 aliphatic heterocycles. The predicted molar refractivity (Wildman–Crippen MR) is 70.6 cm³/mol. The normalized spacial score (nSPS) is 25.2. The second kappa shape index (κ2) is 7.11. The summed E-state index contributed by atoms with van der Waals surface area (Å²) in [6.45, 7) is 8.96. The average Bonchev–Trinajstić information content (AvgIpc) is 2.59. The summed E-state index contributed by atoms with van der Waals surface area (Å²) < 4.78 is 6.05. The third-order valence-electron chi connectivity index (χ3n) is 3.42. The standard InChI is InChI=1S/C15H28O/c1-5-6-7-8-9-10-14-11-13(4)15(16-14)12(2)3/h11-12,14-15H,5-10H2,1-4H3/t14-,15+/m0/s1. The summed E-state index contributed by atoms with van der Waals surface area (Å²) in [5.41, 5.74) is 1.44. The lowest BCUT2D eigenvalue weighted by molar-refractivity contribution is 0.0253. The molecule has 0 bridgehead atoms. The first-order valence-electron chi connectivity index (χ1n) is 6.99. The molecule has 0 aliphatic carbocycles.